The number of hydrazine groups is 1. The van der Waals surface area contributed by atoms with Crippen LogP contribution < -0.4 is 22.6 Å². The van der Waals surface area contributed by atoms with Crippen LogP contribution in [0.2, 0.25) is 0 Å². The van der Waals surface area contributed by atoms with Gasteiger partial charge >= 0.3 is 0 Å². The Morgan fingerprint density at radius 3 is 1.98 bits per heavy atom. The zero-order chi connectivity index (χ0) is 33.7. The lowest BCUT2D eigenvalue weighted by Gasteiger charge is -2.29. The third-order valence-corrected chi connectivity index (χ3v) is 7.69. The minimum atomic E-state index is -0.576. The molecule has 2 unspecified atom stereocenters. The largest absolute Gasteiger partial charge is 0.397 e. The van der Waals surface area contributed by atoms with Crippen molar-refractivity contribution in [3.8, 4) is 0 Å². The van der Waals surface area contributed by atoms with Gasteiger partial charge in [0.05, 0.1) is 44.3 Å². The van der Waals surface area contributed by atoms with Crippen LogP contribution in [0.5, 0.6) is 0 Å². The molecule has 46 heavy (non-hydrogen) atoms. The zero-order valence-electron chi connectivity index (χ0n) is 29.1. The lowest BCUT2D eigenvalue weighted by atomic mass is 10.0. The molecule has 0 fully saturated rings. The highest BCUT2D eigenvalue weighted by Gasteiger charge is 2.19. The molecule has 0 amide bonds. The molecule has 0 spiro atoms. The number of benzene rings is 1. The van der Waals surface area contributed by atoms with Gasteiger partial charge in [-0.25, -0.2) is 5.84 Å². The van der Waals surface area contributed by atoms with Crippen molar-refractivity contribution in [2.24, 2.45) is 17.3 Å². The van der Waals surface area contributed by atoms with E-state index in [2.05, 4.69) is 31.0 Å². The Balaban J connectivity index is 2.00. The molecular formula is C36H67N5O5. The summed E-state index contributed by atoms with van der Waals surface area (Å²) in [5.74, 6) is 6.32. The summed E-state index contributed by atoms with van der Waals surface area (Å²) in [5.41, 5.74) is 15.5. The third kappa shape index (κ3) is 22.4. The summed E-state index contributed by atoms with van der Waals surface area (Å²) in [4.78, 5) is 0. The minimum absolute atomic E-state index is 0.213. The number of rotatable bonds is 32. The van der Waals surface area contributed by atoms with Gasteiger partial charge < -0.3 is 45.8 Å². The predicted octanol–water partition coefficient (Wildman–Crippen LogP) is 4.85. The number of nitrogens with two attached hydrogens (primary N) is 3. The molecule has 1 rings (SSSR count). The fourth-order valence-electron chi connectivity index (χ4n) is 4.93. The van der Waals surface area contributed by atoms with E-state index in [1.165, 1.54) is 5.56 Å². The maximum atomic E-state index is 10.3. The SMILES string of the molecule is C=C(CCOCCCCCOCCCCCOCCOCCN)NCCCCC(C(C)O)N(N)/C=C(\N)c1ccc(CCC)cc1. The molecule has 2 atom stereocenters. The van der Waals surface area contributed by atoms with Crippen LogP contribution in [0.3, 0.4) is 0 Å². The summed E-state index contributed by atoms with van der Waals surface area (Å²) < 4.78 is 22.3. The molecule has 0 aliphatic rings. The second-order valence-corrected chi connectivity index (χ2v) is 11.9. The summed E-state index contributed by atoms with van der Waals surface area (Å²) in [7, 11) is 0. The number of aliphatic hydroxyl groups excluding tert-OH is 1. The predicted molar refractivity (Wildman–Crippen MR) is 190 cm³/mol. The molecular weight excluding hydrogens is 582 g/mol. The van der Waals surface area contributed by atoms with E-state index in [9.17, 15) is 5.11 Å². The number of aryl methyl sites for hydroxylation is 1. The molecule has 0 saturated carbocycles. The van der Waals surface area contributed by atoms with E-state index in [-0.39, 0.29) is 6.04 Å². The van der Waals surface area contributed by atoms with E-state index in [0.29, 0.717) is 38.7 Å². The van der Waals surface area contributed by atoms with E-state index in [0.717, 1.165) is 121 Å². The number of nitrogens with one attached hydrogen (secondary N) is 1. The van der Waals surface area contributed by atoms with E-state index >= 15 is 0 Å². The van der Waals surface area contributed by atoms with E-state index in [4.69, 9.17) is 36.3 Å². The van der Waals surface area contributed by atoms with Gasteiger partial charge in [0, 0.05) is 57.8 Å². The molecule has 0 radical (unpaired) electrons. The summed E-state index contributed by atoms with van der Waals surface area (Å²) >= 11 is 0. The maximum Gasteiger partial charge on any atom is 0.0730 e. The van der Waals surface area contributed by atoms with Gasteiger partial charge in [-0.1, -0.05) is 44.2 Å². The highest BCUT2D eigenvalue weighted by Crippen LogP contribution is 2.16. The first-order chi connectivity index (χ1) is 22.4. The molecule has 0 aliphatic heterocycles. The van der Waals surface area contributed by atoms with Crippen LogP contribution in [0, 0.1) is 0 Å². The van der Waals surface area contributed by atoms with Crippen LogP contribution >= 0.6 is 0 Å². The molecule has 8 N–H and O–H groups in total. The van der Waals surface area contributed by atoms with Gasteiger partial charge in [-0.2, -0.15) is 0 Å². The fraction of sp³-hybridized carbons (Fsp3) is 0.722. The second kappa shape index (κ2) is 29.0. The standard InChI is InChI=1S/C36H67N5O5/c1-4-13-33-15-17-34(18-16-33)35(38)30-41(39)36(32(3)42)14-7-8-21-40-31(2)19-26-44-24-11-5-9-22-43-23-10-6-12-25-45-28-29-46-27-20-37/h15-18,30,32,36,40,42H,2,4-14,19-29,37-39H2,1,3H3/b35-30-. The minimum Gasteiger partial charge on any atom is -0.397 e. The van der Waals surface area contributed by atoms with Crippen molar-refractivity contribution in [2.75, 3.05) is 65.9 Å². The lowest BCUT2D eigenvalue weighted by Crippen LogP contribution is -2.44. The van der Waals surface area contributed by atoms with Crippen molar-refractivity contribution in [3.63, 3.8) is 0 Å². The molecule has 1 aromatic carbocycles. The third-order valence-electron chi connectivity index (χ3n) is 7.69. The highest BCUT2D eigenvalue weighted by atomic mass is 16.5. The maximum absolute atomic E-state index is 10.3. The Morgan fingerprint density at radius 1 is 0.848 bits per heavy atom. The van der Waals surface area contributed by atoms with Crippen LogP contribution in [0.15, 0.2) is 42.7 Å². The molecule has 0 bridgehead atoms. The number of nitrogens with zero attached hydrogens (tertiary/aromatic N) is 1. The Labute approximate surface area is 280 Å². The molecule has 10 nitrogen and oxygen atoms in total. The zero-order valence-corrected chi connectivity index (χ0v) is 29.1. The van der Waals surface area contributed by atoms with Crippen molar-refractivity contribution in [1.82, 2.24) is 10.3 Å². The fourth-order valence-corrected chi connectivity index (χ4v) is 4.93. The number of ether oxygens (including phenoxy) is 4. The average Bonchev–Trinajstić information content (AvgIpc) is 3.04. The lowest BCUT2D eigenvalue weighted by molar-refractivity contribution is 0.0482. The van der Waals surface area contributed by atoms with E-state index in [1.807, 2.05) is 12.1 Å². The highest BCUT2D eigenvalue weighted by molar-refractivity contribution is 5.62. The topological polar surface area (TPSA) is 150 Å². The number of hydrogen-bond acceptors (Lipinski definition) is 10. The Bertz CT molecular complexity index is 884. The van der Waals surface area contributed by atoms with Crippen molar-refractivity contribution in [2.45, 2.75) is 103 Å². The van der Waals surface area contributed by atoms with Crippen molar-refractivity contribution < 1.29 is 24.1 Å². The number of unbranched alkanes of at least 4 members (excludes halogenated alkanes) is 5. The van der Waals surface area contributed by atoms with Gasteiger partial charge in [0.15, 0.2) is 0 Å². The second-order valence-electron chi connectivity index (χ2n) is 11.9. The van der Waals surface area contributed by atoms with Gasteiger partial charge in [-0.05, 0) is 82.3 Å². The first-order valence-corrected chi connectivity index (χ1v) is 17.6. The molecule has 0 aromatic heterocycles. The summed E-state index contributed by atoms with van der Waals surface area (Å²) in [5, 5.41) is 15.3. The van der Waals surface area contributed by atoms with E-state index in [1.54, 1.807) is 18.1 Å². The van der Waals surface area contributed by atoms with E-state index < -0.39 is 6.10 Å². The summed E-state index contributed by atoms with van der Waals surface area (Å²) in [6.07, 6.45) is 13.2. The van der Waals surface area contributed by atoms with Gasteiger partial charge in [0.1, 0.15) is 0 Å². The van der Waals surface area contributed by atoms with Crippen molar-refractivity contribution >= 4 is 5.70 Å². The van der Waals surface area contributed by atoms with Crippen molar-refractivity contribution in [3.05, 3.63) is 53.9 Å². The van der Waals surface area contributed by atoms with Crippen LogP contribution in [-0.2, 0) is 25.4 Å². The first kappa shape index (κ1) is 41.8. The normalized spacial score (nSPS) is 13.1. The van der Waals surface area contributed by atoms with Gasteiger partial charge in [0.2, 0.25) is 0 Å². The molecule has 0 aliphatic carbocycles. The molecule has 266 valence electrons. The molecule has 1 aromatic rings. The smallest absolute Gasteiger partial charge is 0.0730 e. The summed E-state index contributed by atoms with van der Waals surface area (Å²) in [6, 6.07) is 8.04. The molecule has 0 saturated heterocycles. The Hall–Kier alpha value is -2.18. The molecule has 0 heterocycles. The average molecular weight is 650 g/mol. The van der Waals surface area contributed by atoms with Gasteiger partial charge in [0.25, 0.3) is 0 Å². The Morgan fingerprint density at radius 2 is 1.41 bits per heavy atom. The van der Waals surface area contributed by atoms with Crippen LogP contribution in [-0.4, -0.2) is 88.2 Å². The Kier molecular flexibility index (Phi) is 26.4. The van der Waals surface area contributed by atoms with Crippen molar-refractivity contribution in [1.29, 1.82) is 0 Å². The number of hydrogen-bond donors (Lipinski definition) is 5. The van der Waals surface area contributed by atoms with Gasteiger partial charge in [-0.3, -0.25) is 0 Å². The summed E-state index contributed by atoms with van der Waals surface area (Å²) in [6.45, 7) is 15.2. The van der Waals surface area contributed by atoms with Crippen LogP contribution in [0.1, 0.15) is 95.6 Å². The first-order valence-electron chi connectivity index (χ1n) is 17.6. The van der Waals surface area contributed by atoms with Crippen LogP contribution in [0.4, 0.5) is 0 Å². The molecule has 10 heteroatoms. The van der Waals surface area contributed by atoms with Gasteiger partial charge in [-0.15, -0.1) is 0 Å². The monoisotopic (exact) mass is 650 g/mol. The number of aliphatic hydroxyl groups is 1. The quantitative estimate of drug-likeness (QED) is 0.0416. The van der Waals surface area contributed by atoms with Crippen LogP contribution in [0.25, 0.3) is 5.70 Å².